The summed E-state index contributed by atoms with van der Waals surface area (Å²) < 4.78 is 1.80. The molecule has 2 heterocycles. The number of aryl methyl sites for hydroxylation is 2. The Morgan fingerprint density at radius 3 is 2.72 bits per heavy atom. The second kappa shape index (κ2) is 7.31. The van der Waals surface area contributed by atoms with Gasteiger partial charge in [0.2, 0.25) is 0 Å². The van der Waals surface area contributed by atoms with Crippen LogP contribution in [0.15, 0.2) is 59.4 Å². The zero-order valence-electron chi connectivity index (χ0n) is 15.9. The lowest BCUT2D eigenvalue weighted by Gasteiger charge is -2.13. The largest absolute Gasteiger partial charge is 0.291 e. The fraction of sp³-hybridized carbons (Fsp3) is 0.208. The topological polar surface area (TPSA) is 58.7 Å². The molecule has 0 N–H and O–H groups in total. The Balaban J connectivity index is 1.68. The molecule has 0 atom stereocenters. The summed E-state index contributed by atoms with van der Waals surface area (Å²) in [5, 5.41) is 10.0. The van der Waals surface area contributed by atoms with Gasteiger partial charge in [-0.25, -0.2) is 4.98 Å². The molecule has 4 nitrogen and oxygen atoms in total. The van der Waals surface area contributed by atoms with Crippen molar-refractivity contribution in [3.63, 3.8) is 0 Å². The van der Waals surface area contributed by atoms with Crippen molar-refractivity contribution in [3.8, 4) is 6.07 Å². The molecule has 0 unspecified atom stereocenters. The van der Waals surface area contributed by atoms with Gasteiger partial charge in [0.25, 0.3) is 5.56 Å². The van der Waals surface area contributed by atoms with Gasteiger partial charge in [0.1, 0.15) is 10.7 Å². The van der Waals surface area contributed by atoms with E-state index in [9.17, 15) is 10.1 Å². The van der Waals surface area contributed by atoms with E-state index in [0.29, 0.717) is 18.5 Å². The van der Waals surface area contributed by atoms with Crippen LogP contribution in [0.2, 0.25) is 0 Å². The van der Waals surface area contributed by atoms with Gasteiger partial charge >= 0.3 is 0 Å². The van der Waals surface area contributed by atoms with Crippen LogP contribution >= 0.6 is 11.3 Å². The number of hydrogen-bond acceptors (Lipinski definition) is 4. The molecule has 0 bridgehead atoms. The second-order valence-electron chi connectivity index (χ2n) is 7.43. The number of nitriles is 1. The summed E-state index contributed by atoms with van der Waals surface area (Å²) in [6.07, 6.45) is 3.74. The van der Waals surface area contributed by atoms with Crippen LogP contribution in [0.4, 0.5) is 0 Å². The van der Waals surface area contributed by atoms with Crippen LogP contribution in [-0.2, 0) is 25.8 Å². The zero-order chi connectivity index (χ0) is 19.8. The maximum Gasteiger partial charge on any atom is 0.262 e. The third-order valence-corrected chi connectivity index (χ3v) is 6.69. The first-order valence-electron chi connectivity index (χ1n) is 9.80. The molecular formula is C24H19N3OS. The highest BCUT2D eigenvalue weighted by Gasteiger charge is 2.23. The molecule has 4 aromatic rings. The molecule has 0 amide bonds. The minimum atomic E-state index is 0.0442. The van der Waals surface area contributed by atoms with Crippen LogP contribution in [0.25, 0.3) is 10.2 Å². The summed E-state index contributed by atoms with van der Waals surface area (Å²) in [4.78, 5) is 20.7. The molecule has 0 spiro atoms. The van der Waals surface area contributed by atoms with Crippen LogP contribution in [0.1, 0.15) is 39.4 Å². The van der Waals surface area contributed by atoms with Crippen molar-refractivity contribution in [2.75, 3.05) is 0 Å². The predicted molar refractivity (Wildman–Crippen MR) is 115 cm³/mol. The number of nitrogens with zero attached hydrogens (tertiary/aromatic N) is 3. The van der Waals surface area contributed by atoms with Gasteiger partial charge in [0.05, 0.1) is 23.6 Å². The van der Waals surface area contributed by atoms with Gasteiger partial charge in [0, 0.05) is 11.3 Å². The van der Waals surface area contributed by atoms with Crippen LogP contribution in [0.3, 0.4) is 0 Å². The smallest absolute Gasteiger partial charge is 0.262 e. The van der Waals surface area contributed by atoms with Crippen molar-refractivity contribution < 1.29 is 0 Å². The minimum Gasteiger partial charge on any atom is -0.291 e. The maximum atomic E-state index is 13.6. The number of hydrogen-bond donors (Lipinski definition) is 0. The summed E-state index contributed by atoms with van der Waals surface area (Å²) in [5.74, 6) is 0.774. The highest BCUT2D eigenvalue weighted by Crippen LogP contribution is 2.35. The monoisotopic (exact) mass is 397 g/mol. The van der Waals surface area contributed by atoms with E-state index in [2.05, 4.69) is 18.2 Å². The van der Waals surface area contributed by atoms with E-state index in [1.807, 2.05) is 36.4 Å². The molecule has 0 saturated heterocycles. The minimum absolute atomic E-state index is 0.0442. The molecular weight excluding hydrogens is 378 g/mol. The van der Waals surface area contributed by atoms with E-state index in [1.165, 1.54) is 10.4 Å². The van der Waals surface area contributed by atoms with E-state index < -0.39 is 0 Å². The molecule has 0 radical (unpaired) electrons. The SMILES string of the molecule is N#Cc1cccc(Cn2c(Cc3ccccc3)nc3sc4c(c3c2=O)CCC4)c1. The van der Waals surface area contributed by atoms with E-state index in [1.54, 1.807) is 22.0 Å². The standard InChI is InChI=1S/C24H19N3OS/c25-14-17-8-4-9-18(12-17)15-27-21(13-16-6-2-1-3-7-16)26-23-22(24(27)28)19-10-5-11-20(19)29-23/h1-4,6-9,12H,5,10-11,13,15H2. The first kappa shape index (κ1) is 17.8. The van der Waals surface area contributed by atoms with E-state index in [0.717, 1.165) is 46.4 Å². The maximum absolute atomic E-state index is 13.6. The second-order valence-corrected chi connectivity index (χ2v) is 8.52. The summed E-state index contributed by atoms with van der Waals surface area (Å²) in [5.41, 5.74) is 3.91. The van der Waals surface area contributed by atoms with Gasteiger partial charge in [0.15, 0.2) is 0 Å². The molecule has 0 saturated carbocycles. The van der Waals surface area contributed by atoms with Crippen molar-refractivity contribution >= 4 is 21.6 Å². The van der Waals surface area contributed by atoms with Crippen molar-refractivity contribution in [3.05, 3.63) is 97.9 Å². The third kappa shape index (κ3) is 3.26. The molecule has 5 rings (SSSR count). The number of aromatic nitrogens is 2. The Hall–Kier alpha value is -3.23. The van der Waals surface area contributed by atoms with Gasteiger partial charge < -0.3 is 0 Å². The molecule has 2 aromatic heterocycles. The molecule has 0 aliphatic heterocycles. The summed E-state index contributed by atoms with van der Waals surface area (Å²) in [7, 11) is 0. The van der Waals surface area contributed by atoms with Crippen molar-refractivity contribution in [1.29, 1.82) is 5.26 Å². The molecule has 142 valence electrons. The number of benzene rings is 2. The van der Waals surface area contributed by atoms with E-state index in [4.69, 9.17) is 4.98 Å². The number of rotatable bonds is 4. The highest BCUT2D eigenvalue weighted by molar-refractivity contribution is 7.18. The van der Waals surface area contributed by atoms with E-state index >= 15 is 0 Å². The zero-order valence-corrected chi connectivity index (χ0v) is 16.7. The lowest BCUT2D eigenvalue weighted by atomic mass is 10.1. The van der Waals surface area contributed by atoms with Gasteiger partial charge in [-0.3, -0.25) is 9.36 Å². The Bertz CT molecular complexity index is 1310. The summed E-state index contributed by atoms with van der Waals surface area (Å²) >= 11 is 1.68. The van der Waals surface area contributed by atoms with Crippen LogP contribution in [-0.4, -0.2) is 9.55 Å². The fourth-order valence-electron chi connectivity index (χ4n) is 4.12. The van der Waals surface area contributed by atoms with Gasteiger partial charge in [-0.2, -0.15) is 5.26 Å². The first-order valence-corrected chi connectivity index (χ1v) is 10.6. The lowest BCUT2D eigenvalue weighted by molar-refractivity contribution is 0.694. The highest BCUT2D eigenvalue weighted by atomic mass is 32.1. The number of thiophene rings is 1. The van der Waals surface area contributed by atoms with Gasteiger partial charge in [-0.15, -0.1) is 11.3 Å². The molecule has 1 aliphatic rings. The van der Waals surface area contributed by atoms with Crippen molar-refractivity contribution in [1.82, 2.24) is 9.55 Å². The Morgan fingerprint density at radius 2 is 1.90 bits per heavy atom. The molecule has 5 heteroatoms. The van der Waals surface area contributed by atoms with Crippen molar-refractivity contribution in [2.45, 2.75) is 32.2 Å². The molecule has 29 heavy (non-hydrogen) atoms. The Morgan fingerprint density at radius 1 is 1.07 bits per heavy atom. The van der Waals surface area contributed by atoms with E-state index in [-0.39, 0.29) is 5.56 Å². The quantitative estimate of drug-likeness (QED) is 0.511. The van der Waals surface area contributed by atoms with Crippen LogP contribution < -0.4 is 5.56 Å². The first-order chi connectivity index (χ1) is 14.2. The summed E-state index contributed by atoms with van der Waals surface area (Å²) in [6.45, 7) is 0.421. The normalized spacial score (nSPS) is 12.8. The Kier molecular flexibility index (Phi) is 4.49. The lowest BCUT2D eigenvalue weighted by Crippen LogP contribution is -2.26. The average molecular weight is 398 g/mol. The molecule has 0 fully saturated rings. The molecule has 2 aromatic carbocycles. The average Bonchev–Trinajstić information content (AvgIpc) is 3.32. The number of fused-ring (bicyclic) bond motifs is 3. The molecule has 1 aliphatic carbocycles. The van der Waals surface area contributed by atoms with Gasteiger partial charge in [-0.05, 0) is 48.1 Å². The fourth-order valence-corrected chi connectivity index (χ4v) is 5.39. The Labute approximate surface area is 172 Å². The van der Waals surface area contributed by atoms with Crippen molar-refractivity contribution in [2.24, 2.45) is 0 Å². The van der Waals surface area contributed by atoms with Crippen LogP contribution in [0.5, 0.6) is 0 Å². The predicted octanol–water partition coefficient (Wildman–Crippen LogP) is 4.46. The third-order valence-electron chi connectivity index (χ3n) is 5.51. The summed E-state index contributed by atoms with van der Waals surface area (Å²) in [6, 6.07) is 19.8. The van der Waals surface area contributed by atoms with Gasteiger partial charge in [-0.1, -0.05) is 42.5 Å². The van der Waals surface area contributed by atoms with Crippen LogP contribution in [0, 0.1) is 11.3 Å².